The lowest BCUT2D eigenvalue weighted by Crippen LogP contribution is -2.27. The van der Waals surface area contributed by atoms with Gasteiger partial charge in [0.05, 0.1) is 10.6 Å². The Morgan fingerprint density at radius 1 is 1.46 bits per heavy atom. The molecule has 13 heavy (non-hydrogen) atoms. The SMILES string of the molecule is NC1=CC(S(N)(=O)=O)=CC(Cl)C1=O. The molecular formula is C6H7ClN2O3S. The first-order valence-corrected chi connectivity index (χ1v) is 5.20. The standard InChI is InChI=1S/C6H7ClN2O3S/c7-4-1-3(13(9,11)12)2-5(8)6(4)10/h1-2,4H,8H2,(H2,9,11,12). The van der Waals surface area contributed by atoms with Crippen LogP contribution in [0.5, 0.6) is 0 Å². The number of hydrogen-bond donors (Lipinski definition) is 2. The molecule has 0 amide bonds. The molecule has 0 heterocycles. The van der Waals surface area contributed by atoms with Crippen molar-refractivity contribution < 1.29 is 13.2 Å². The summed E-state index contributed by atoms with van der Waals surface area (Å²) in [4.78, 5) is 10.8. The molecule has 1 aliphatic carbocycles. The van der Waals surface area contributed by atoms with Crippen molar-refractivity contribution >= 4 is 27.4 Å². The number of rotatable bonds is 1. The van der Waals surface area contributed by atoms with E-state index in [1.807, 2.05) is 0 Å². The zero-order chi connectivity index (χ0) is 10.2. The van der Waals surface area contributed by atoms with Crippen LogP contribution < -0.4 is 10.9 Å². The van der Waals surface area contributed by atoms with E-state index in [0.717, 1.165) is 12.2 Å². The third kappa shape index (κ3) is 2.09. The van der Waals surface area contributed by atoms with Crippen molar-refractivity contribution in [2.45, 2.75) is 5.38 Å². The molecule has 7 heteroatoms. The van der Waals surface area contributed by atoms with Crippen LogP contribution in [0.25, 0.3) is 0 Å². The highest BCUT2D eigenvalue weighted by atomic mass is 35.5. The molecule has 0 radical (unpaired) electrons. The first-order chi connectivity index (χ1) is 5.82. The first kappa shape index (κ1) is 10.2. The van der Waals surface area contributed by atoms with Crippen LogP contribution in [-0.4, -0.2) is 19.6 Å². The number of hydrogen-bond acceptors (Lipinski definition) is 4. The van der Waals surface area contributed by atoms with Crippen molar-refractivity contribution in [3.8, 4) is 0 Å². The predicted octanol–water partition coefficient (Wildman–Crippen LogP) is -0.808. The highest BCUT2D eigenvalue weighted by Crippen LogP contribution is 2.18. The summed E-state index contributed by atoms with van der Waals surface area (Å²) >= 11 is 5.50. The van der Waals surface area contributed by atoms with Crippen LogP contribution in [0.2, 0.25) is 0 Å². The molecule has 1 unspecified atom stereocenters. The van der Waals surface area contributed by atoms with Gasteiger partial charge in [0.25, 0.3) is 0 Å². The molecule has 0 saturated carbocycles. The molecule has 72 valence electrons. The van der Waals surface area contributed by atoms with Crippen LogP contribution in [-0.2, 0) is 14.8 Å². The summed E-state index contributed by atoms with van der Waals surface area (Å²) in [6, 6.07) is 0. The molecule has 5 nitrogen and oxygen atoms in total. The second kappa shape index (κ2) is 3.13. The van der Waals surface area contributed by atoms with Crippen LogP contribution in [0.4, 0.5) is 0 Å². The summed E-state index contributed by atoms with van der Waals surface area (Å²) in [5.74, 6) is -0.519. The van der Waals surface area contributed by atoms with Crippen molar-refractivity contribution in [2.75, 3.05) is 0 Å². The minimum absolute atomic E-state index is 0.202. The van der Waals surface area contributed by atoms with Crippen molar-refractivity contribution in [1.82, 2.24) is 0 Å². The Morgan fingerprint density at radius 3 is 2.38 bits per heavy atom. The maximum atomic E-state index is 11.0. The van der Waals surface area contributed by atoms with Gasteiger partial charge in [-0.1, -0.05) is 0 Å². The van der Waals surface area contributed by atoms with Crippen LogP contribution in [0, 0.1) is 0 Å². The molecule has 0 fully saturated rings. The fourth-order valence-corrected chi connectivity index (χ4v) is 1.78. The van der Waals surface area contributed by atoms with Crippen molar-refractivity contribution in [3.05, 3.63) is 22.8 Å². The number of Topliss-reactive ketones (excluding diaryl/α,β-unsaturated/α-hetero) is 1. The summed E-state index contributed by atoms with van der Waals surface area (Å²) in [7, 11) is -3.85. The molecule has 0 saturated heterocycles. The van der Waals surface area contributed by atoms with E-state index < -0.39 is 21.2 Å². The summed E-state index contributed by atoms with van der Waals surface area (Å²) in [6.45, 7) is 0. The number of alkyl halides is 1. The average molecular weight is 223 g/mol. The van der Waals surface area contributed by atoms with Gasteiger partial charge in [0.15, 0.2) is 5.78 Å². The van der Waals surface area contributed by atoms with E-state index in [0.29, 0.717) is 0 Å². The Bertz CT molecular complexity index is 410. The van der Waals surface area contributed by atoms with E-state index in [2.05, 4.69) is 0 Å². The van der Waals surface area contributed by atoms with Gasteiger partial charge in [-0.05, 0) is 12.2 Å². The average Bonchev–Trinajstić information content (AvgIpc) is 1.97. The molecule has 1 atom stereocenters. The molecule has 0 aromatic carbocycles. The summed E-state index contributed by atoms with van der Waals surface area (Å²) in [6.07, 6.45) is 2.05. The molecule has 0 aromatic rings. The number of carbonyl (C=O) groups is 1. The van der Waals surface area contributed by atoms with Crippen molar-refractivity contribution in [1.29, 1.82) is 0 Å². The van der Waals surface area contributed by atoms with Gasteiger partial charge in [0.2, 0.25) is 10.0 Å². The zero-order valence-electron chi connectivity index (χ0n) is 6.40. The van der Waals surface area contributed by atoms with Gasteiger partial charge >= 0.3 is 0 Å². The highest BCUT2D eigenvalue weighted by molar-refractivity contribution is 7.93. The molecule has 0 aliphatic heterocycles. The molecule has 0 aromatic heterocycles. The van der Waals surface area contributed by atoms with Gasteiger partial charge in [-0.15, -0.1) is 11.6 Å². The molecule has 0 bridgehead atoms. The van der Waals surface area contributed by atoms with E-state index in [-0.39, 0.29) is 10.6 Å². The second-order valence-corrected chi connectivity index (χ2v) is 4.51. The predicted molar refractivity (Wildman–Crippen MR) is 48.1 cm³/mol. The number of carbonyl (C=O) groups excluding carboxylic acids is 1. The van der Waals surface area contributed by atoms with Gasteiger partial charge in [-0.3, -0.25) is 4.79 Å². The molecular weight excluding hydrogens is 216 g/mol. The van der Waals surface area contributed by atoms with E-state index in [1.165, 1.54) is 0 Å². The Labute approximate surface area is 80.1 Å². The molecule has 4 N–H and O–H groups in total. The van der Waals surface area contributed by atoms with E-state index in [1.54, 1.807) is 0 Å². The van der Waals surface area contributed by atoms with Gasteiger partial charge in [0.1, 0.15) is 5.38 Å². The van der Waals surface area contributed by atoms with E-state index in [4.69, 9.17) is 22.5 Å². The highest BCUT2D eigenvalue weighted by Gasteiger charge is 2.24. The smallest absolute Gasteiger partial charge is 0.237 e. The fraction of sp³-hybridized carbons (Fsp3) is 0.167. The van der Waals surface area contributed by atoms with Crippen LogP contribution in [0.1, 0.15) is 0 Å². The van der Waals surface area contributed by atoms with Gasteiger partial charge in [-0.2, -0.15) is 0 Å². The van der Waals surface area contributed by atoms with Crippen molar-refractivity contribution in [3.63, 3.8) is 0 Å². The molecule has 1 rings (SSSR count). The fourth-order valence-electron chi connectivity index (χ4n) is 0.829. The van der Waals surface area contributed by atoms with E-state index in [9.17, 15) is 13.2 Å². The summed E-state index contributed by atoms with van der Waals surface area (Å²) < 4.78 is 21.6. The van der Waals surface area contributed by atoms with Crippen molar-refractivity contribution in [2.24, 2.45) is 10.9 Å². The number of sulfonamides is 1. The number of ketones is 1. The van der Waals surface area contributed by atoms with E-state index >= 15 is 0 Å². The lowest BCUT2D eigenvalue weighted by atomic mass is 10.1. The van der Waals surface area contributed by atoms with Crippen LogP contribution in [0.15, 0.2) is 22.8 Å². The minimum Gasteiger partial charge on any atom is -0.396 e. The maximum Gasteiger partial charge on any atom is 0.237 e. The largest absolute Gasteiger partial charge is 0.396 e. The lowest BCUT2D eigenvalue weighted by molar-refractivity contribution is -0.114. The van der Waals surface area contributed by atoms with Crippen LogP contribution in [0.3, 0.4) is 0 Å². The third-order valence-electron chi connectivity index (χ3n) is 1.47. The molecule has 1 aliphatic rings. The normalized spacial score (nSPS) is 23.8. The first-order valence-electron chi connectivity index (χ1n) is 3.22. The minimum atomic E-state index is -3.85. The number of allylic oxidation sites excluding steroid dienone is 3. The third-order valence-corrected chi connectivity index (χ3v) is 2.71. The van der Waals surface area contributed by atoms with Gasteiger partial charge in [0, 0.05) is 0 Å². The molecule has 0 spiro atoms. The Balaban J connectivity index is 3.20. The summed E-state index contributed by atoms with van der Waals surface area (Å²) in [5, 5.41) is 3.76. The Kier molecular flexibility index (Phi) is 2.47. The quantitative estimate of drug-likeness (QED) is 0.567. The van der Waals surface area contributed by atoms with Crippen LogP contribution >= 0.6 is 11.6 Å². The van der Waals surface area contributed by atoms with Gasteiger partial charge in [-0.25, -0.2) is 13.6 Å². The maximum absolute atomic E-state index is 11.0. The van der Waals surface area contributed by atoms with Gasteiger partial charge < -0.3 is 5.73 Å². The Morgan fingerprint density at radius 2 is 2.00 bits per heavy atom. The lowest BCUT2D eigenvalue weighted by Gasteiger charge is -2.11. The topological polar surface area (TPSA) is 103 Å². The second-order valence-electron chi connectivity index (χ2n) is 2.48. The zero-order valence-corrected chi connectivity index (χ0v) is 7.97. The number of nitrogens with two attached hydrogens (primary N) is 2. The number of halogens is 1. The monoisotopic (exact) mass is 222 g/mol. The Hall–Kier alpha value is -0.850. The number of primary sulfonamides is 1. The summed E-state index contributed by atoms with van der Waals surface area (Å²) in [5.41, 5.74) is 5.02.